The van der Waals surface area contributed by atoms with Crippen molar-refractivity contribution in [2.45, 2.75) is 132 Å². The molecule has 5 unspecified atom stereocenters. The van der Waals surface area contributed by atoms with Crippen molar-refractivity contribution in [3.63, 3.8) is 0 Å². The second kappa shape index (κ2) is 17.8. The number of aryl methyl sites for hydroxylation is 1. The van der Waals surface area contributed by atoms with Crippen LogP contribution < -0.4 is 0 Å². The van der Waals surface area contributed by atoms with Gasteiger partial charge in [-0.15, -0.1) is 0 Å². The fourth-order valence-electron chi connectivity index (χ4n) is 8.57. The number of aliphatic hydroxyl groups is 1. The minimum absolute atomic E-state index is 0.0706. The van der Waals surface area contributed by atoms with Gasteiger partial charge in [0.2, 0.25) is 0 Å². The standard InChI is InChI=1S/C23H36O3.C17H15NO.2C2H6/c1-21(2)13-25-23(26-14-21)11-9-16-15(12-23)4-5-18-17(16)8-10-22(3)19(18)6-7-20(22)24;1-15-9-11-16(12-10-15)8-5-13-18-19-14-17-6-3-2-4-7-17;2*1-2/h15,18-20,24H,4-14H2,1-3H3;2-4,6-7,9-13H,14H2,1H3;2*1-2H3/b;18-13+;;. The Hall–Kier alpha value is -2.91. The molecule has 5 atom stereocenters. The first kappa shape index (κ1) is 38.9. The van der Waals surface area contributed by atoms with Gasteiger partial charge >= 0.3 is 0 Å². The molecule has 3 saturated carbocycles. The number of fused-ring (bicyclic) bond motifs is 4. The lowest BCUT2D eigenvalue weighted by Crippen LogP contribution is -2.51. The van der Waals surface area contributed by atoms with Gasteiger partial charge in [-0.1, -0.05) is 119 Å². The third-order valence-corrected chi connectivity index (χ3v) is 11.3. The highest BCUT2D eigenvalue weighted by Crippen LogP contribution is 2.61. The molecule has 7 rings (SSSR count). The maximum Gasteiger partial charge on any atom is 0.169 e. The Bertz CT molecular complexity index is 1420. The number of benzene rings is 2. The van der Waals surface area contributed by atoms with Gasteiger partial charge in [-0.3, -0.25) is 0 Å². The Morgan fingerprint density at radius 3 is 2.22 bits per heavy atom. The quantitative estimate of drug-likeness (QED) is 0.153. The fourth-order valence-corrected chi connectivity index (χ4v) is 8.57. The lowest BCUT2D eigenvalue weighted by Gasteiger charge is -2.53. The Balaban J connectivity index is 0.000000209. The summed E-state index contributed by atoms with van der Waals surface area (Å²) in [6, 6.07) is 17.9. The van der Waals surface area contributed by atoms with E-state index in [0.717, 1.165) is 49.5 Å². The van der Waals surface area contributed by atoms with E-state index in [1.807, 2.05) is 82.3 Å². The van der Waals surface area contributed by atoms with Gasteiger partial charge in [-0.05, 0) is 98.7 Å². The van der Waals surface area contributed by atoms with E-state index in [1.54, 1.807) is 11.1 Å². The first-order valence-corrected chi connectivity index (χ1v) is 19.1. The van der Waals surface area contributed by atoms with Gasteiger partial charge in [0.25, 0.3) is 0 Å². The summed E-state index contributed by atoms with van der Waals surface area (Å²) < 4.78 is 12.7. The molecule has 1 N–H and O–H groups in total. The van der Waals surface area contributed by atoms with E-state index >= 15 is 0 Å². The highest BCUT2D eigenvalue weighted by molar-refractivity contribution is 5.78. The molecule has 1 saturated heterocycles. The van der Waals surface area contributed by atoms with E-state index < -0.39 is 0 Å². The van der Waals surface area contributed by atoms with Crippen LogP contribution in [0, 0.1) is 47.3 Å². The van der Waals surface area contributed by atoms with Crippen LogP contribution in [0.3, 0.4) is 0 Å². The lowest BCUT2D eigenvalue weighted by molar-refractivity contribution is -0.312. The second-order valence-corrected chi connectivity index (χ2v) is 15.1. The van der Waals surface area contributed by atoms with Gasteiger partial charge in [-0.2, -0.15) is 0 Å². The second-order valence-electron chi connectivity index (χ2n) is 15.1. The van der Waals surface area contributed by atoms with Gasteiger partial charge in [0.1, 0.15) is 12.8 Å². The average molecular weight is 670 g/mol. The number of nitrogens with zero attached hydrogens (tertiary/aromatic N) is 1. The third-order valence-electron chi connectivity index (χ3n) is 11.3. The Kier molecular flexibility index (Phi) is 14.2. The average Bonchev–Trinajstić information content (AvgIpc) is 3.44. The predicted octanol–water partition coefficient (Wildman–Crippen LogP) is 10.4. The molecule has 0 amide bonds. The SMILES string of the molecule is CC.CC.CC1(C)COC2(CCC3=C4CCC5(C)C(O)CCC5C4CCC3C2)OC1.Cc1ccc(C#C/C=N/OCc2ccccc2)cc1. The number of rotatable bonds is 3. The molecule has 5 heteroatoms. The molecule has 0 radical (unpaired) electrons. The van der Waals surface area contributed by atoms with Gasteiger partial charge in [-0.25, -0.2) is 0 Å². The van der Waals surface area contributed by atoms with Crippen LogP contribution in [0.2, 0.25) is 0 Å². The molecule has 5 nitrogen and oxygen atoms in total. The summed E-state index contributed by atoms with van der Waals surface area (Å²) in [4.78, 5) is 5.14. The zero-order valence-electron chi connectivity index (χ0n) is 31.7. The zero-order chi connectivity index (χ0) is 35.5. The highest BCUT2D eigenvalue weighted by atomic mass is 16.7. The number of oxime groups is 1. The van der Waals surface area contributed by atoms with Crippen molar-refractivity contribution >= 4 is 6.21 Å². The number of aliphatic hydroxyl groups excluding tert-OH is 1. The van der Waals surface area contributed by atoms with Crippen LogP contribution in [-0.2, 0) is 20.9 Å². The van der Waals surface area contributed by atoms with Crippen molar-refractivity contribution in [2.75, 3.05) is 13.2 Å². The largest absolute Gasteiger partial charge is 0.393 e. The molecular formula is C44H63NO4. The predicted molar refractivity (Wildman–Crippen MR) is 202 cm³/mol. The number of ether oxygens (including phenoxy) is 2. The summed E-state index contributed by atoms with van der Waals surface area (Å²) in [6.45, 7) is 19.0. The van der Waals surface area contributed by atoms with Crippen LogP contribution in [0.1, 0.15) is 123 Å². The molecule has 268 valence electrons. The smallest absolute Gasteiger partial charge is 0.169 e. The normalized spacial score (nSPS) is 28.8. The van der Waals surface area contributed by atoms with Crippen molar-refractivity contribution in [2.24, 2.45) is 33.7 Å². The molecule has 5 aliphatic rings. The van der Waals surface area contributed by atoms with E-state index in [-0.39, 0.29) is 22.7 Å². The molecule has 1 aliphatic heterocycles. The van der Waals surface area contributed by atoms with Crippen LogP contribution >= 0.6 is 0 Å². The first-order valence-electron chi connectivity index (χ1n) is 19.1. The van der Waals surface area contributed by atoms with Crippen molar-refractivity contribution < 1.29 is 19.4 Å². The third kappa shape index (κ3) is 9.66. The number of allylic oxidation sites excluding steroid dienone is 2. The Morgan fingerprint density at radius 2 is 1.53 bits per heavy atom. The topological polar surface area (TPSA) is 60.3 Å². The van der Waals surface area contributed by atoms with E-state index in [1.165, 1.54) is 50.3 Å². The summed E-state index contributed by atoms with van der Waals surface area (Å²) in [7, 11) is 0. The maximum atomic E-state index is 10.6. The van der Waals surface area contributed by atoms with E-state index in [9.17, 15) is 5.11 Å². The minimum atomic E-state index is -0.302. The summed E-state index contributed by atoms with van der Waals surface area (Å²) in [6.07, 6.45) is 12.0. The monoisotopic (exact) mass is 669 g/mol. The molecule has 2 aromatic carbocycles. The van der Waals surface area contributed by atoms with Gasteiger partial charge in [0, 0.05) is 23.8 Å². The van der Waals surface area contributed by atoms with E-state index in [2.05, 4.69) is 44.7 Å². The molecule has 4 fully saturated rings. The highest BCUT2D eigenvalue weighted by Gasteiger charge is 2.55. The zero-order valence-corrected chi connectivity index (χ0v) is 31.7. The minimum Gasteiger partial charge on any atom is -0.393 e. The van der Waals surface area contributed by atoms with Gasteiger partial charge < -0.3 is 19.4 Å². The maximum absolute atomic E-state index is 10.6. The summed E-state index contributed by atoms with van der Waals surface area (Å²) in [5.41, 5.74) is 7.19. The molecule has 2 aromatic rings. The number of hydrogen-bond acceptors (Lipinski definition) is 5. The summed E-state index contributed by atoms with van der Waals surface area (Å²) >= 11 is 0. The van der Waals surface area contributed by atoms with Crippen LogP contribution in [0.25, 0.3) is 0 Å². The van der Waals surface area contributed by atoms with Crippen LogP contribution in [0.15, 0.2) is 70.9 Å². The van der Waals surface area contributed by atoms with E-state index in [4.69, 9.17) is 14.3 Å². The fraction of sp³-hybridized carbons (Fsp3) is 0.614. The summed E-state index contributed by atoms with van der Waals surface area (Å²) in [5.74, 6) is 7.67. The van der Waals surface area contributed by atoms with Crippen molar-refractivity contribution in [1.82, 2.24) is 0 Å². The molecular weight excluding hydrogens is 606 g/mol. The Labute approximate surface area is 297 Å². The number of hydrogen-bond donors (Lipinski definition) is 1. The van der Waals surface area contributed by atoms with Crippen molar-refractivity contribution in [3.05, 3.63) is 82.4 Å². The molecule has 1 heterocycles. The van der Waals surface area contributed by atoms with Gasteiger partial charge in [0.05, 0.1) is 19.3 Å². The van der Waals surface area contributed by atoms with Gasteiger partial charge in [0.15, 0.2) is 5.79 Å². The molecule has 0 aromatic heterocycles. The van der Waals surface area contributed by atoms with E-state index in [0.29, 0.717) is 18.4 Å². The molecule has 49 heavy (non-hydrogen) atoms. The van der Waals surface area contributed by atoms with Crippen molar-refractivity contribution in [1.29, 1.82) is 0 Å². The van der Waals surface area contributed by atoms with Crippen LogP contribution in [0.4, 0.5) is 0 Å². The summed E-state index contributed by atoms with van der Waals surface area (Å²) in [5, 5.41) is 14.4. The van der Waals surface area contributed by atoms with Crippen molar-refractivity contribution in [3.8, 4) is 11.8 Å². The van der Waals surface area contributed by atoms with Crippen LogP contribution in [0.5, 0.6) is 0 Å². The first-order chi connectivity index (χ1) is 23.7. The molecule has 0 bridgehead atoms. The Morgan fingerprint density at radius 1 is 0.857 bits per heavy atom. The van der Waals surface area contributed by atoms with Crippen LogP contribution in [-0.4, -0.2) is 36.4 Å². The molecule has 1 spiro atoms. The lowest BCUT2D eigenvalue weighted by atomic mass is 9.56. The molecule has 4 aliphatic carbocycles.